The summed E-state index contributed by atoms with van der Waals surface area (Å²) in [6.45, 7) is -0.109. The van der Waals surface area contributed by atoms with Gasteiger partial charge in [-0.25, -0.2) is 9.59 Å². The number of fused-ring (bicyclic) bond motifs is 1. The minimum Gasteiger partial charge on any atom is -0.477 e. The number of amides is 3. The summed E-state index contributed by atoms with van der Waals surface area (Å²) in [6.07, 6.45) is 0. The number of nitrogen functional groups attached to an aromatic ring is 1. The molecule has 0 aromatic heterocycles. The Bertz CT molecular complexity index is 1280. The summed E-state index contributed by atoms with van der Waals surface area (Å²) >= 11 is 0. The van der Waals surface area contributed by atoms with Crippen LogP contribution in [0, 0.1) is 5.41 Å². The van der Waals surface area contributed by atoms with Gasteiger partial charge in [0.1, 0.15) is 5.84 Å². The van der Waals surface area contributed by atoms with Crippen LogP contribution in [0.4, 0.5) is 16.2 Å². The van der Waals surface area contributed by atoms with Gasteiger partial charge in [0.2, 0.25) is 0 Å². The summed E-state index contributed by atoms with van der Waals surface area (Å²) in [6, 6.07) is 16.4. The van der Waals surface area contributed by atoms with Gasteiger partial charge < -0.3 is 16.2 Å². The van der Waals surface area contributed by atoms with Crippen LogP contribution in [0.1, 0.15) is 15.9 Å². The molecule has 0 radical (unpaired) electrons. The maximum Gasteiger partial charge on any atom is 0.352 e. The highest BCUT2D eigenvalue weighted by molar-refractivity contribution is 6.41. The molecule has 9 nitrogen and oxygen atoms in total. The Morgan fingerprint density at radius 3 is 2.19 bits per heavy atom. The van der Waals surface area contributed by atoms with Crippen molar-refractivity contribution in [1.29, 1.82) is 5.41 Å². The second kappa shape index (κ2) is 7.71. The average Bonchev–Trinajstić information content (AvgIpc) is 3.15. The smallest absolute Gasteiger partial charge is 0.352 e. The maximum absolute atomic E-state index is 12.6. The van der Waals surface area contributed by atoms with E-state index >= 15 is 0 Å². The second-order valence-electron chi connectivity index (χ2n) is 6.92. The van der Waals surface area contributed by atoms with Crippen molar-refractivity contribution < 1.29 is 19.5 Å². The lowest BCUT2D eigenvalue weighted by atomic mass is 10.0. The van der Waals surface area contributed by atoms with E-state index in [1.165, 1.54) is 4.90 Å². The number of carbonyl (C=O) groups is 3. The highest BCUT2D eigenvalue weighted by atomic mass is 16.4. The molecule has 3 amide bonds. The Labute approximate surface area is 176 Å². The topological polar surface area (TPSA) is 149 Å². The number of nitrogens with one attached hydrogen (secondary N) is 2. The molecule has 0 aliphatic carbocycles. The van der Waals surface area contributed by atoms with Crippen LogP contribution in [0.25, 0.3) is 10.8 Å². The van der Waals surface area contributed by atoms with E-state index in [0.29, 0.717) is 22.5 Å². The van der Waals surface area contributed by atoms with Gasteiger partial charge in [0.05, 0.1) is 6.54 Å². The molecule has 0 saturated carbocycles. The van der Waals surface area contributed by atoms with Gasteiger partial charge >= 0.3 is 12.0 Å². The van der Waals surface area contributed by atoms with Crippen molar-refractivity contribution in [3.05, 3.63) is 71.8 Å². The first kappa shape index (κ1) is 19.8. The average molecular weight is 415 g/mol. The van der Waals surface area contributed by atoms with E-state index in [-0.39, 0.29) is 24.0 Å². The predicted octanol–water partition coefficient (Wildman–Crippen LogP) is 2.84. The molecule has 9 heteroatoms. The number of urea groups is 1. The van der Waals surface area contributed by atoms with Crippen LogP contribution < -0.4 is 16.0 Å². The standard InChI is InChI=1S/C22H17N5O4/c23-19(24)14-3-1-13-10-15(4-2-12(13)9-14)20(28)25-16-5-7-17(8-6-16)27-11-18(21(29)30)26-22(27)31/h1-10H,11H2,(H3,23,24)(H,25,28)(H,29,30). The van der Waals surface area contributed by atoms with Gasteiger partial charge in [0, 0.05) is 22.5 Å². The molecule has 0 bridgehead atoms. The van der Waals surface area contributed by atoms with E-state index in [9.17, 15) is 14.4 Å². The highest BCUT2D eigenvalue weighted by Crippen LogP contribution is 2.23. The van der Waals surface area contributed by atoms with Crippen molar-refractivity contribution in [3.8, 4) is 0 Å². The molecule has 31 heavy (non-hydrogen) atoms. The number of carbonyl (C=O) groups excluding carboxylic acids is 2. The Morgan fingerprint density at radius 2 is 1.61 bits per heavy atom. The lowest BCUT2D eigenvalue weighted by Crippen LogP contribution is -2.28. The van der Waals surface area contributed by atoms with Crippen LogP contribution in [0.5, 0.6) is 0 Å². The summed E-state index contributed by atoms with van der Waals surface area (Å²) in [7, 11) is 0. The molecule has 4 rings (SSSR count). The fourth-order valence-electron chi connectivity index (χ4n) is 3.23. The number of aliphatic imine (C=N–C) groups is 1. The van der Waals surface area contributed by atoms with E-state index < -0.39 is 12.0 Å². The number of anilines is 2. The molecule has 0 fully saturated rings. The van der Waals surface area contributed by atoms with Gasteiger partial charge in [0.25, 0.3) is 5.91 Å². The summed E-state index contributed by atoms with van der Waals surface area (Å²) in [5, 5.41) is 21.0. The summed E-state index contributed by atoms with van der Waals surface area (Å²) < 4.78 is 0. The van der Waals surface area contributed by atoms with Gasteiger partial charge in [-0.3, -0.25) is 15.1 Å². The molecule has 1 aliphatic heterocycles. The van der Waals surface area contributed by atoms with Crippen molar-refractivity contribution in [2.75, 3.05) is 16.8 Å². The first-order chi connectivity index (χ1) is 14.8. The zero-order valence-corrected chi connectivity index (χ0v) is 16.1. The number of nitrogens with two attached hydrogens (primary N) is 1. The molecule has 0 unspecified atom stereocenters. The van der Waals surface area contributed by atoms with Gasteiger partial charge in [-0.05, 0) is 53.2 Å². The van der Waals surface area contributed by atoms with Crippen LogP contribution in [0.3, 0.4) is 0 Å². The first-order valence-electron chi connectivity index (χ1n) is 9.24. The van der Waals surface area contributed by atoms with Gasteiger partial charge in [0.15, 0.2) is 5.71 Å². The minimum absolute atomic E-state index is 0.0199. The Morgan fingerprint density at radius 1 is 1.00 bits per heavy atom. The number of carboxylic acid groups (broad SMARTS) is 1. The number of carboxylic acids is 1. The van der Waals surface area contributed by atoms with Crippen molar-refractivity contribution >= 4 is 51.6 Å². The molecule has 1 aliphatic rings. The second-order valence-corrected chi connectivity index (χ2v) is 6.92. The van der Waals surface area contributed by atoms with Crippen molar-refractivity contribution in [1.82, 2.24) is 0 Å². The summed E-state index contributed by atoms with van der Waals surface area (Å²) in [4.78, 5) is 40.3. The maximum atomic E-state index is 12.6. The largest absolute Gasteiger partial charge is 0.477 e. The molecule has 5 N–H and O–H groups in total. The van der Waals surface area contributed by atoms with Crippen LogP contribution in [0.2, 0.25) is 0 Å². The summed E-state index contributed by atoms with van der Waals surface area (Å²) in [5.41, 5.74) is 7.37. The molecule has 0 spiro atoms. The minimum atomic E-state index is -1.23. The van der Waals surface area contributed by atoms with E-state index in [1.807, 2.05) is 0 Å². The van der Waals surface area contributed by atoms with Gasteiger partial charge in [-0.2, -0.15) is 4.99 Å². The molecule has 0 atom stereocenters. The molecular weight excluding hydrogens is 398 g/mol. The lowest BCUT2D eigenvalue weighted by molar-refractivity contribution is -0.129. The Hall–Kier alpha value is -4.53. The third-order valence-corrected chi connectivity index (χ3v) is 4.87. The molecule has 154 valence electrons. The fourth-order valence-corrected chi connectivity index (χ4v) is 3.23. The first-order valence-corrected chi connectivity index (χ1v) is 9.24. The number of benzene rings is 3. The molecule has 0 saturated heterocycles. The highest BCUT2D eigenvalue weighted by Gasteiger charge is 2.28. The van der Waals surface area contributed by atoms with E-state index in [2.05, 4.69) is 10.3 Å². The van der Waals surface area contributed by atoms with Crippen LogP contribution in [-0.2, 0) is 4.79 Å². The fraction of sp³-hybridized carbons (Fsp3) is 0.0455. The lowest BCUT2D eigenvalue weighted by Gasteiger charge is -2.15. The van der Waals surface area contributed by atoms with Crippen molar-refractivity contribution in [3.63, 3.8) is 0 Å². The number of hydrogen-bond acceptors (Lipinski definition) is 4. The molecular formula is C22H17N5O4. The monoisotopic (exact) mass is 415 g/mol. The number of amidine groups is 1. The quantitative estimate of drug-likeness (QED) is 0.373. The Kier molecular flexibility index (Phi) is 4.92. The van der Waals surface area contributed by atoms with E-state index in [4.69, 9.17) is 16.2 Å². The number of aliphatic carboxylic acids is 1. The summed E-state index contributed by atoms with van der Waals surface area (Å²) in [5.74, 6) is -1.56. The number of hydrogen-bond donors (Lipinski definition) is 4. The van der Waals surface area contributed by atoms with Gasteiger partial charge in [-0.15, -0.1) is 0 Å². The van der Waals surface area contributed by atoms with Crippen LogP contribution in [-0.4, -0.2) is 41.1 Å². The van der Waals surface area contributed by atoms with E-state index in [1.54, 1.807) is 60.7 Å². The predicted molar refractivity (Wildman–Crippen MR) is 117 cm³/mol. The van der Waals surface area contributed by atoms with E-state index in [0.717, 1.165) is 10.8 Å². The van der Waals surface area contributed by atoms with Crippen molar-refractivity contribution in [2.45, 2.75) is 0 Å². The molecule has 1 heterocycles. The van der Waals surface area contributed by atoms with Crippen LogP contribution in [0.15, 0.2) is 65.7 Å². The molecule has 3 aromatic carbocycles. The third-order valence-electron chi connectivity index (χ3n) is 4.87. The zero-order chi connectivity index (χ0) is 22.1. The van der Waals surface area contributed by atoms with Crippen LogP contribution >= 0.6 is 0 Å². The Balaban J connectivity index is 1.47. The van der Waals surface area contributed by atoms with Gasteiger partial charge in [-0.1, -0.05) is 18.2 Å². The zero-order valence-electron chi connectivity index (χ0n) is 16.1. The van der Waals surface area contributed by atoms with Crippen molar-refractivity contribution in [2.24, 2.45) is 10.7 Å². The normalized spacial score (nSPS) is 13.2. The number of nitrogens with zero attached hydrogens (tertiary/aromatic N) is 2. The number of rotatable bonds is 5. The molecule has 3 aromatic rings. The SMILES string of the molecule is N=C(N)c1ccc2cc(C(=O)Nc3ccc(N4CC(C(=O)O)=NC4=O)cc3)ccc2c1. The third kappa shape index (κ3) is 3.97.